The Bertz CT molecular complexity index is 1480. The second kappa shape index (κ2) is 47.6. The zero-order valence-corrected chi connectivity index (χ0v) is 39.9. The Balaban J connectivity index is 4.26. The van der Waals surface area contributed by atoms with Gasteiger partial charge < -0.3 is 20.1 Å². The van der Waals surface area contributed by atoms with Gasteiger partial charge in [-0.1, -0.05) is 180 Å². The van der Waals surface area contributed by atoms with E-state index in [2.05, 4.69) is 135 Å². The van der Waals surface area contributed by atoms with Gasteiger partial charge in [-0.2, -0.15) is 0 Å². The molecule has 0 saturated heterocycles. The van der Waals surface area contributed by atoms with Gasteiger partial charge in [0.1, 0.15) is 6.61 Å². The minimum atomic E-state index is -4.41. The number of hydrogen-bond donors (Lipinski definition) is 2. The van der Waals surface area contributed by atoms with Crippen LogP contribution in [0.2, 0.25) is 0 Å². The van der Waals surface area contributed by atoms with E-state index in [1.165, 1.54) is 19.3 Å². The SMILES string of the molecule is CC/C=C\C/C=C\C/C=C\C/C=C\C/C=C\C/C=C\CCC(=O)OC(COC(=O)CCCCCCCCC/C=C\C/C=C\C/C=C\C/C=C\C/C=C\CC)COP(=O)(O)OCCN. The van der Waals surface area contributed by atoms with Gasteiger partial charge in [0.05, 0.1) is 13.2 Å². The van der Waals surface area contributed by atoms with Crippen molar-refractivity contribution in [1.29, 1.82) is 0 Å². The average molecular weight is 894 g/mol. The fourth-order valence-corrected chi connectivity index (χ4v) is 6.39. The second-order valence-electron chi connectivity index (χ2n) is 14.9. The number of allylic oxidation sites excluding steroid dienone is 22. The van der Waals surface area contributed by atoms with Gasteiger partial charge >= 0.3 is 19.8 Å². The topological polar surface area (TPSA) is 134 Å². The first-order valence-corrected chi connectivity index (χ1v) is 25.2. The van der Waals surface area contributed by atoms with Crippen LogP contribution in [-0.4, -0.2) is 49.3 Å². The van der Waals surface area contributed by atoms with Crippen LogP contribution >= 0.6 is 7.82 Å². The summed E-state index contributed by atoms with van der Waals surface area (Å²) >= 11 is 0. The molecule has 0 aliphatic carbocycles. The van der Waals surface area contributed by atoms with Crippen molar-refractivity contribution in [3.63, 3.8) is 0 Å². The van der Waals surface area contributed by atoms with Gasteiger partial charge in [-0.3, -0.25) is 18.6 Å². The maximum absolute atomic E-state index is 12.6. The van der Waals surface area contributed by atoms with Crippen molar-refractivity contribution in [2.24, 2.45) is 5.73 Å². The maximum Gasteiger partial charge on any atom is 0.472 e. The number of nitrogens with two attached hydrogens (primary N) is 1. The minimum absolute atomic E-state index is 0.0321. The van der Waals surface area contributed by atoms with Crippen LogP contribution in [0.25, 0.3) is 0 Å². The van der Waals surface area contributed by atoms with Gasteiger partial charge in [0, 0.05) is 19.4 Å². The number of rotatable bonds is 42. The van der Waals surface area contributed by atoms with E-state index in [-0.39, 0.29) is 32.6 Å². The second-order valence-corrected chi connectivity index (χ2v) is 16.3. The van der Waals surface area contributed by atoms with Crippen LogP contribution in [0.1, 0.15) is 155 Å². The average Bonchev–Trinajstić information content (AvgIpc) is 3.27. The highest BCUT2D eigenvalue weighted by molar-refractivity contribution is 7.47. The van der Waals surface area contributed by atoms with Crippen molar-refractivity contribution in [2.45, 2.75) is 161 Å². The predicted molar refractivity (Wildman–Crippen MR) is 265 cm³/mol. The number of phosphoric ester groups is 1. The summed E-state index contributed by atoms with van der Waals surface area (Å²) in [5.41, 5.74) is 5.35. The largest absolute Gasteiger partial charge is 0.472 e. The fourth-order valence-electron chi connectivity index (χ4n) is 5.63. The Hall–Kier alpha value is -3.85. The molecule has 0 fully saturated rings. The van der Waals surface area contributed by atoms with Gasteiger partial charge in [0.25, 0.3) is 0 Å². The molecule has 0 aromatic heterocycles. The zero-order valence-electron chi connectivity index (χ0n) is 39.0. The maximum atomic E-state index is 12.6. The summed E-state index contributed by atoms with van der Waals surface area (Å²) in [7, 11) is -4.41. The highest BCUT2D eigenvalue weighted by Crippen LogP contribution is 2.43. The lowest BCUT2D eigenvalue weighted by atomic mass is 10.1. The Morgan fingerprint density at radius 2 is 0.857 bits per heavy atom. The molecule has 0 radical (unpaired) electrons. The summed E-state index contributed by atoms with van der Waals surface area (Å²) in [6.45, 7) is 3.38. The molecule has 0 saturated carbocycles. The van der Waals surface area contributed by atoms with Crippen molar-refractivity contribution in [3.05, 3.63) is 134 Å². The van der Waals surface area contributed by atoms with Crippen molar-refractivity contribution >= 4 is 19.8 Å². The summed E-state index contributed by atoms with van der Waals surface area (Å²) in [5, 5.41) is 0. The number of unbranched alkanes of at least 4 members (excludes halogenated alkanes) is 7. The molecule has 0 amide bonds. The van der Waals surface area contributed by atoms with E-state index in [1.807, 2.05) is 12.2 Å². The highest BCUT2D eigenvalue weighted by atomic mass is 31.2. The highest BCUT2D eigenvalue weighted by Gasteiger charge is 2.25. The molecule has 3 N–H and O–H groups in total. The predicted octanol–water partition coefficient (Wildman–Crippen LogP) is 14.3. The van der Waals surface area contributed by atoms with E-state index in [0.29, 0.717) is 12.8 Å². The van der Waals surface area contributed by atoms with Crippen molar-refractivity contribution < 1.29 is 37.6 Å². The Morgan fingerprint density at radius 3 is 1.29 bits per heavy atom. The van der Waals surface area contributed by atoms with Gasteiger partial charge in [-0.05, 0) is 96.3 Å². The van der Waals surface area contributed by atoms with E-state index < -0.39 is 32.5 Å². The third kappa shape index (κ3) is 47.5. The van der Waals surface area contributed by atoms with E-state index in [1.54, 1.807) is 0 Å². The lowest BCUT2D eigenvalue weighted by molar-refractivity contribution is -0.161. The first-order valence-electron chi connectivity index (χ1n) is 23.7. The monoisotopic (exact) mass is 894 g/mol. The summed E-state index contributed by atoms with van der Waals surface area (Å²) < 4.78 is 32.8. The molecule has 10 heteroatoms. The molecular weight excluding hydrogens is 810 g/mol. The summed E-state index contributed by atoms with van der Waals surface area (Å²) in [6, 6.07) is 0. The number of carbonyl (C=O) groups is 2. The minimum Gasteiger partial charge on any atom is -0.462 e. The lowest BCUT2D eigenvalue weighted by Gasteiger charge is -2.19. The Kier molecular flexibility index (Phi) is 44.7. The molecular formula is C53H84NO8P. The first kappa shape index (κ1) is 59.1. The van der Waals surface area contributed by atoms with Crippen molar-refractivity contribution in [2.75, 3.05) is 26.4 Å². The van der Waals surface area contributed by atoms with Crippen LogP contribution in [0.5, 0.6) is 0 Å². The molecule has 2 atom stereocenters. The van der Waals surface area contributed by atoms with Crippen LogP contribution in [0.15, 0.2) is 134 Å². The van der Waals surface area contributed by atoms with Crippen LogP contribution in [0.4, 0.5) is 0 Å². The number of phosphoric acid groups is 1. The molecule has 0 bridgehead atoms. The molecule has 0 aliphatic heterocycles. The number of esters is 2. The summed E-state index contributed by atoms with van der Waals surface area (Å²) in [6.07, 6.45) is 66.4. The molecule has 63 heavy (non-hydrogen) atoms. The van der Waals surface area contributed by atoms with E-state index in [4.69, 9.17) is 24.3 Å². The molecule has 0 aliphatic rings. The van der Waals surface area contributed by atoms with Gasteiger partial charge in [0.2, 0.25) is 0 Å². The van der Waals surface area contributed by atoms with Crippen LogP contribution in [-0.2, 0) is 32.7 Å². The smallest absolute Gasteiger partial charge is 0.462 e. The van der Waals surface area contributed by atoms with Crippen molar-refractivity contribution in [1.82, 2.24) is 0 Å². The normalized spacial score (nSPS) is 14.4. The zero-order chi connectivity index (χ0) is 46.0. The Morgan fingerprint density at radius 1 is 0.476 bits per heavy atom. The van der Waals surface area contributed by atoms with Crippen LogP contribution < -0.4 is 5.73 Å². The molecule has 2 unspecified atom stereocenters. The standard InChI is InChI=1S/C53H84NO8P/c1-3-5-7-9-11-13-15-17-19-21-23-24-25-26-28-29-31-33-35-37-39-41-43-45-52(55)59-49-51(50-61-63(57,58)60-48-47-54)62-53(56)46-44-42-40-38-36-34-32-30-27-22-20-18-16-14-12-10-8-6-4-2/h5-8,11-14,17-20,23-24,26-28,30,34,36,40,42,51H,3-4,9-10,15-16,21-22,25,29,31-33,35,37-39,41,43-50,54H2,1-2H3,(H,57,58)/b7-5-,8-6-,13-11-,14-12-,19-17-,20-18-,24-23-,28-26-,30-27-,36-34-,42-40-. The summed E-state index contributed by atoms with van der Waals surface area (Å²) in [5.74, 6) is -0.953. The fraction of sp³-hybridized carbons (Fsp3) is 0.547. The Labute approximate surface area is 383 Å². The molecule has 0 heterocycles. The first-order chi connectivity index (χ1) is 30.8. The van der Waals surface area contributed by atoms with E-state index in [9.17, 15) is 19.0 Å². The molecule has 354 valence electrons. The number of carbonyl (C=O) groups excluding carboxylic acids is 2. The van der Waals surface area contributed by atoms with Crippen LogP contribution in [0.3, 0.4) is 0 Å². The van der Waals surface area contributed by atoms with Gasteiger partial charge in [0.15, 0.2) is 6.10 Å². The third-order valence-corrected chi connectivity index (χ3v) is 10.0. The summed E-state index contributed by atoms with van der Waals surface area (Å²) in [4.78, 5) is 35.0. The molecule has 9 nitrogen and oxygen atoms in total. The number of hydrogen-bond acceptors (Lipinski definition) is 8. The van der Waals surface area contributed by atoms with E-state index >= 15 is 0 Å². The molecule has 0 spiro atoms. The number of ether oxygens (including phenoxy) is 2. The third-order valence-electron chi connectivity index (χ3n) is 9.05. The van der Waals surface area contributed by atoms with E-state index in [0.717, 1.165) is 96.3 Å². The van der Waals surface area contributed by atoms with Gasteiger partial charge in [-0.15, -0.1) is 0 Å². The molecule has 0 aromatic rings. The lowest BCUT2D eigenvalue weighted by Crippen LogP contribution is -2.29. The van der Waals surface area contributed by atoms with Crippen LogP contribution in [0, 0.1) is 0 Å². The van der Waals surface area contributed by atoms with Crippen molar-refractivity contribution in [3.8, 4) is 0 Å². The quantitative estimate of drug-likeness (QED) is 0.0266. The molecule has 0 rings (SSSR count). The van der Waals surface area contributed by atoms with Gasteiger partial charge in [-0.25, -0.2) is 4.57 Å². The molecule has 0 aromatic carbocycles.